The first-order valence-electron chi connectivity index (χ1n) is 6.37. The third-order valence-electron chi connectivity index (χ3n) is 3.16. The number of hydrogen-bond donors (Lipinski definition) is 0. The second-order valence-electron chi connectivity index (χ2n) is 4.37. The summed E-state index contributed by atoms with van der Waals surface area (Å²) in [5.74, 6) is 0. The number of likely N-dealkylation sites (N-methyl/N-ethyl adjacent to an activating group) is 2. The lowest BCUT2D eigenvalue weighted by molar-refractivity contribution is -0.384. The van der Waals surface area contributed by atoms with E-state index in [9.17, 15) is 10.1 Å². The van der Waals surface area contributed by atoms with Crippen molar-refractivity contribution >= 4 is 23.0 Å². The molecule has 0 aliphatic carbocycles. The van der Waals surface area contributed by atoms with E-state index in [1.54, 1.807) is 6.07 Å². The van der Waals surface area contributed by atoms with Crippen LogP contribution in [0.15, 0.2) is 18.2 Å². The topological polar surface area (TPSA) is 49.6 Å². The van der Waals surface area contributed by atoms with Crippen LogP contribution >= 0.6 is 11.6 Å². The van der Waals surface area contributed by atoms with E-state index in [2.05, 4.69) is 23.8 Å². The Kier molecular flexibility index (Phi) is 6.05. The van der Waals surface area contributed by atoms with Crippen LogP contribution in [0.5, 0.6) is 0 Å². The van der Waals surface area contributed by atoms with E-state index in [0.29, 0.717) is 5.02 Å². The predicted molar refractivity (Wildman–Crippen MR) is 79.2 cm³/mol. The standard InChI is InChI=1S/C13H20ClN3O2/c1-4-15(3)8-9-16(5-2)13-7-6-11(17(18)19)10-12(13)14/h6-7,10H,4-5,8-9H2,1-3H3. The van der Waals surface area contributed by atoms with Gasteiger partial charge in [0.2, 0.25) is 0 Å². The van der Waals surface area contributed by atoms with Gasteiger partial charge in [0.25, 0.3) is 5.69 Å². The van der Waals surface area contributed by atoms with Crippen molar-refractivity contribution in [1.82, 2.24) is 4.90 Å². The number of nitro groups is 1. The van der Waals surface area contributed by atoms with E-state index in [1.807, 2.05) is 6.92 Å². The zero-order valence-corrected chi connectivity index (χ0v) is 12.4. The summed E-state index contributed by atoms with van der Waals surface area (Å²) in [5, 5.41) is 11.1. The van der Waals surface area contributed by atoms with Crippen molar-refractivity contribution < 1.29 is 4.92 Å². The van der Waals surface area contributed by atoms with Gasteiger partial charge in [-0.1, -0.05) is 18.5 Å². The molecule has 106 valence electrons. The lowest BCUT2D eigenvalue weighted by atomic mass is 10.2. The molecule has 0 aromatic heterocycles. The Morgan fingerprint density at radius 2 is 1.95 bits per heavy atom. The van der Waals surface area contributed by atoms with Crippen LogP contribution in [0.4, 0.5) is 11.4 Å². The zero-order chi connectivity index (χ0) is 14.4. The highest BCUT2D eigenvalue weighted by molar-refractivity contribution is 6.33. The molecule has 0 radical (unpaired) electrons. The number of hydrogen-bond acceptors (Lipinski definition) is 4. The molecule has 0 aliphatic heterocycles. The van der Waals surface area contributed by atoms with Crippen LogP contribution in [-0.4, -0.2) is 43.0 Å². The molecular weight excluding hydrogens is 266 g/mol. The number of non-ortho nitro benzene ring substituents is 1. The minimum Gasteiger partial charge on any atom is -0.369 e. The van der Waals surface area contributed by atoms with Crippen molar-refractivity contribution in [2.45, 2.75) is 13.8 Å². The lowest BCUT2D eigenvalue weighted by Crippen LogP contribution is -2.33. The molecule has 0 heterocycles. The number of halogens is 1. The van der Waals surface area contributed by atoms with Gasteiger partial charge in [-0.25, -0.2) is 0 Å². The Labute approximate surface area is 118 Å². The number of rotatable bonds is 7. The van der Waals surface area contributed by atoms with Crippen molar-refractivity contribution in [3.63, 3.8) is 0 Å². The monoisotopic (exact) mass is 285 g/mol. The second-order valence-corrected chi connectivity index (χ2v) is 4.78. The van der Waals surface area contributed by atoms with Crippen LogP contribution in [0.2, 0.25) is 5.02 Å². The molecule has 1 aromatic rings. The fourth-order valence-electron chi connectivity index (χ4n) is 1.76. The van der Waals surface area contributed by atoms with E-state index in [0.717, 1.165) is 31.9 Å². The van der Waals surface area contributed by atoms with Gasteiger partial charge in [-0.05, 0) is 26.6 Å². The molecule has 0 bridgehead atoms. The molecule has 1 aromatic carbocycles. The van der Waals surface area contributed by atoms with E-state index >= 15 is 0 Å². The van der Waals surface area contributed by atoms with Crippen LogP contribution in [0.25, 0.3) is 0 Å². The molecule has 6 heteroatoms. The first-order valence-corrected chi connectivity index (χ1v) is 6.74. The third kappa shape index (κ3) is 4.36. The van der Waals surface area contributed by atoms with Crippen LogP contribution in [0.1, 0.15) is 13.8 Å². The second kappa shape index (κ2) is 7.31. The Hall–Kier alpha value is -1.33. The fourth-order valence-corrected chi connectivity index (χ4v) is 2.06. The smallest absolute Gasteiger partial charge is 0.271 e. The van der Waals surface area contributed by atoms with Gasteiger partial charge < -0.3 is 9.80 Å². The first-order chi connectivity index (χ1) is 8.99. The largest absolute Gasteiger partial charge is 0.369 e. The molecular formula is C13H20ClN3O2. The molecule has 0 N–H and O–H groups in total. The Morgan fingerprint density at radius 1 is 1.26 bits per heavy atom. The Morgan fingerprint density at radius 3 is 2.42 bits per heavy atom. The molecule has 0 saturated heterocycles. The van der Waals surface area contributed by atoms with Gasteiger partial charge in [-0.2, -0.15) is 0 Å². The number of benzene rings is 1. The quantitative estimate of drug-likeness (QED) is 0.571. The van der Waals surface area contributed by atoms with E-state index in [-0.39, 0.29) is 5.69 Å². The van der Waals surface area contributed by atoms with Gasteiger partial charge >= 0.3 is 0 Å². The van der Waals surface area contributed by atoms with Gasteiger partial charge in [-0.15, -0.1) is 0 Å². The maximum Gasteiger partial charge on any atom is 0.271 e. The molecule has 0 fully saturated rings. The van der Waals surface area contributed by atoms with Crippen LogP contribution in [0, 0.1) is 10.1 Å². The zero-order valence-electron chi connectivity index (χ0n) is 11.6. The van der Waals surface area contributed by atoms with Crippen molar-refractivity contribution in [2.24, 2.45) is 0 Å². The summed E-state index contributed by atoms with van der Waals surface area (Å²) in [7, 11) is 2.06. The molecule has 0 amide bonds. The molecule has 5 nitrogen and oxygen atoms in total. The molecule has 0 saturated carbocycles. The molecule has 0 unspecified atom stereocenters. The van der Waals surface area contributed by atoms with Crippen LogP contribution in [-0.2, 0) is 0 Å². The van der Waals surface area contributed by atoms with Gasteiger partial charge in [0.15, 0.2) is 0 Å². The third-order valence-corrected chi connectivity index (χ3v) is 3.46. The minimum atomic E-state index is -0.434. The highest BCUT2D eigenvalue weighted by Gasteiger charge is 2.13. The Bertz CT molecular complexity index is 440. The van der Waals surface area contributed by atoms with Crippen molar-refractivity contribution in [2.75, 3.05) is 38.1 Å². The van der Waals surface area contributed by atoms with Crippen LogP contribution < -0.4 is 4.90 Å². The van der Waals surface area contributed by atoms with Crippen molar-refractivity contribution in [3.8, 4) is 0 Å². The average molecular weight is 286 g/mol. The van der Waals surface area contributed by atoms with E-state index < -0.39 is 4.92 Å². The average Bonchev–Trinajstić information content (AvgIpc) is 2.40. The highest BCUT2D eigenvalue weighted by Crippen LogP contribution is 2.29. The highest BCUT2D eigenvalue weighted by atomic mass is 35.5. The number of anilines is 1. The normalized spacial score (nSPS) is 10.8. The van der Waals surface area contributed by atoms with Gasteiger partial charge in [0, 0.05) is 31.8 Å². The van der Waals surface area contributed by atoms with E-state index in [1.165, 1.54) is 12.1 Å². The van der Waals surface area contributed by atoms with Gasteiger partial charge in [0.05, 0.1) is 15.6 Å². The van der Waals surface area contributed by atoms with Crippen LogP contribution in [0.3, 0.4) is 0 Å². The maximum atomic E-state index is 10.7. The summed E-state index contributed by atoms with van der Waals surface area (Å²) in [5.41, 5.74) is 0.870. The summed E-state index contributed by atoms with van der Waals surface area (Å²) in [4.78, 5) is 14.6. The summed E-state index contributed by atoms with van der Waals surface area (Å²) in [6.07, 6.45) is 0. The summed E-state index contributed by atoms with van der Waals surface area (Å²) < 4.78 is 0. The summed E-state index contributed by atoms with van der Waals surface area (Å²) in [6.45, 7) is 7.73. The number of nitro benzene ring substituents is 1. The Balaban J connectivity index is 2.83. The van der Waals surface area contributed by atoms with E-state index in [4.69, 9.17) is 11.6 Å². The SMILES string of the molecule is CCN(C)CCN(CC)c1ccc([N+](=O)[O-])cc1Cl. The van der Waals surface area contributed by atoms with Crippen molar-refractivity contribution in [3.05, 3.63) is 33.3 Å². The first kappa shape index (κ1) is 15.7. The summed E-state index contributed by atoms with van der Waals surface area (Å²) >= 11 is 6.14. The fraction of sp³-hybridized carbons (Fsp3) is 0.538. The minimum absolute atomic E-state index is 0.0236. The molecule has 0 spiro atoms. The molecule has 1 rings (SSSR count). The summed E-state index contributed by atoms with van der Waals surface area (Å²) in [6, 6.07) is 4.62. The molecule has 0 atom stereocenters. The number of nitrogens with zero attached hydrogens (tertiary/aromatic N) is 3. The maximum absolute atomic E-state index is 10.7. The van der Waals surface area contributed by atoms with Gasteiger partial charge in [-0.3, -0.25) is 10.1 Å². The molecule has 0 aliphatic rings. The lowest BCUT2D eigenvalue weighted by Gasteiger charge is -2.26. The van der Waals surface area contributed by atoms with Crippen molar-refractivity contribution in [1.29, 1.82) is 0 Å². The predicted octanol–water partition coefficient (Wildman–Crippen LogP) is 3.03. The van der Waals surface area contributed by atoms with Gasteiger partial charge in [0.1, 0.15) is 0 Å². The molecule has 19 heavy (non-hydrogen) atoms.